The Kier molecular flexibility index (Phi) is 7.39. The molecule has 228 valence electrons. The number of methoxy groups -OCH3 is 1. The molecule has 2 aromatic carbocycles. The summed E-state index contributed by atoms with van der Waals surface area (Å²) in [4.78, 5) is 32.0. The number of nitrogens with one attached hydrogen (secondary N) is 1. The summed E-state index contributed by atoms with van der Waals surface area (Å²) >= 11 is 0. The fourth-order valence-electron chi connectivity index (χ4n) is 6.61. The zero-order valence-corrected chi connectivity index (χ0v) is 25.7. The number of nitrogens with zero attached hydrogens (tertiary/aromatic N) is 9. The Morgan fingerprint density at radius 2 is 1.73 bits per heavy atom. The molecule has 3 aliphatic rings. The number of hydrogen-bond acceptors (Lipinski definition) is 10. The number of aryl methyl sites for hydroxylation is 1. The number of rotatable bonds is 5. The van der Waals surface area contributed by atoms with Gasteiger partial charge in [-0.05, 0) is 70.2 Å². The van der Waals surface area contributed by atoms with E-state index in [2.05, 4.69) is 37.3 Å². The van der Waals surface area contributed by atoms with E-state index in [0.29, 0.717) is 34.8 Å². The van der Waals surface area contributed by atoms with Gasteiger partial charge in [0.15, 0.2) is 11.6 Å². The van der Waals surface area contributed by atoms with Crippen molar-refractivity contribution in [1.29, 1.82) is 0 Å². The minimum atomic E-state index is 0.0274. The lowest BCUT2D eigenvalue weighted by atomic mass is 10.0. The average molecular weight is 595 g/mol. The highest BCUT2D eigenvalue weighted by molar-refractivity contribution is 5.95. The lowest BCUT2D eigenvalue weighted by Crippen LogP contribution is -2.54. The van der Waals surface area contributed by atoms with Crippen LogP contribution in [0.3, 0.4) is 0 Å². The smallest absolute Gasteiger partial charge is 0.254 e. The number of piperazine rings is 1. The second kappa shape index (κ2) is 11.5. The number of anilines is 4. The van der Waals surface area contributed by atoms with E-state index >= 15 is 0 Å². The first-order valence-electron chi connectivity index (χ1n) is 15.2. The molecule has 4 aromatic rings. The van der Waals surface area contributed by atoms with E-state index in [1.807, 2.05) is 64.7 Å². The molecule has 2 saturated heterocycles. The first-order chi connectivity index (χ1) is 21.4. The monoisotopic (exact) mass is 594 g/mol. The van der Waals surface area contributed by atoms with Crippen LogP contribution >= 0.6 is 0 Å². The van der Waals surface area contributed by atoms with Crippen molar-refractivity contribution < 1.29 is 9.53 Å². The minimum Gasteiger partial charge on any atom is -0.495 e. The van der Waals surface area contributed by atoms with Gasteiger partial charge in [-0.2, -0.15) is 4.98 Å². The van der Waals surface area contributed by atoms with Gasteiger partial charge >= 0.3 is 0 Å². The predicted molar refractivity (Wildman–Crippen MR) is 169 cm³/mol. The molecule has 0 bridgehead atoms. The molecule has 12 heteroatoms. The fraction of sp³-hybridized carbons (Fsp3) is 0.406. The number of para-hydroxylation sites is 1. The zero-order chi connectivity index (χ0) is 30.4. The molecule has 5 heterocycles. The molecule has 0 atom stereocenters. The summed E-state index contributed by atoms with van der Waals surface area (Å²) in [6.07, 6.45) is 4.19. The Balaban J connectivity index is 1.09. The van der Waals surface area contributed by atoms with Gasteiger partial charge in [-0.3, -0.25) is 14.3 Å². The van der Waals surface area contributed by atoms with Crippen LogP contribution < -0.4 is 15.0 Å². The first-order valence-corrected chi connectivity index (χ1v) is 15.2. The Morgan fingerprint density at radius 1 is 0.955 bits per heavy atom. The van der Waals surface area contributed by atoms with Gasteiger partial charge in [0.05, 0.1) is 24.7 Å². The van der Waals surface area contributed by atoms with Crippen LogP contribution in [0.25, 0.3) is 17.1 Å². The Hall–Kier alpha value is -4.55. The second-order valence-corrected chi connectivity index (χ2v) is 11.8. The standard InChI is InChI=1S/C32H38N10O2/c1-21-36-37-29-24-7-5-6-8-26(24)39(3)30-27(42(21)29)20-33-32(35-30)34-25-10-9-22(19-28(25)44-4)31(43)41-17-15-40(16-18-41)23-11-13-38(2)14-12-23/h5-10,19-20,23H,11-18H2,1-4H3,(H,33,34,35). The fourth-order valence-corrected chi connectivity index (χ4v) is 6.61. The molecule has 1 N–H and O–H groups in total. The number of hydrogen-bond donors (Lipinski definition) is 1. The van der Waals surface area contributed by atoms with E-state index < -0.39 is 0 Å². The SMILES string of the molecule is COc1cc(C(=O)N2CCN(C3CCN(C)CC3)CC2)ccc1Nc1ncc2c(n1)N(C)c1ccccc1-c1nnc(C)n1-2. The van der Waals surface area contributed by atoms with Gasteiger partial charge in [0, 0.05) is 50.4 Å². The summed E-state index contributed by atoms with van der Waals surface area (Å²) in [5.41, 5.74) is 4.00. The van der Waals surface area contributed by atoms with Crippen LogP contribution in [0.1, 0.15) is 29.0 Å². The zero-order valence-electron chi connectivity index (χ0n) is 25.7. The van der Waals surface area contributed by atoms with Crippen molar-refractivity contribution >= 4 is 29.0 Å². The molecule has 0 unspecified atom stereocenters. The molecular formula is C32H38N10O2. The maximum atomic E-state index is 13.5. The van der Waals surface area contributed by atoms with E-state index in [0.717, 1.165) is 67.9 Å². The van der Waals surface area contributed by atoms with Crippen molar-refractivity contribution in [2.75, 3.05) is 70.7 Å². The third kappa shape index (κ3) is 5.03. The van der Waals surface area contributed by atoms with E-state index in [4.69, 9.17) is 9.72 Å². The molecule has 0 spiro atoms. The summed E-state index contributed by atoms with van der Waals surface area (Å²) < 4.78 is 7.70. The van der Waals surface area contributed by atoms with Crippen molar-refractivity contribution in [1.82, 2.24) is 39.4 Å². The topological polar surface area (TPSA) is 108 Å². The summed E-state index contributed by atoms with van der Waals surface area (Å²) in [6.45, 7) is 7.52. The number of ether oxygens (including phenoxy) is 1. The van der Waals surface area contributed by atoms with Crippen molar-refractivity contribution in [2.24, 2.45) is 0 Å². The van der Waals surface area contributed by atoms with Crippen LogP contribution in [0, 0.1) is 6.92 Å². The van der Waals surface area contributed by atoms with E-state index in [1.54, 1.807) is 19.4 Å². The molecule has 0 saturated carbocycles. The van der Waals surface area contributed by atoms with Crippen LogP contribution in [0.15, 0.2) is 48.7 Å². The normalized spacial score (nSPS) is 17.5. The van der Waals surface area contributed by atoms with E-state index in [1.165, 1.54) is 12.8 Å². The maximum absolute atomic E-state index is 13.5. The highest BCUT2D eigenvalue weighted by Gasteiger charge is 2.30. The van der Waals surface area contributed by atoms with Crippen LogP contribution in [0.4, 0.5) is 23.1 Å². The number of carbonyl (C=O) groups excluding carboxylic acids is 1. The molecule has 2 aromatic heterocycles. The van der Waals surface area contributed by atoms with Crippen LogP contribution in [0.5, 0.6) is 5.75 Å². The van der Waals surface area contributed by atoms with Gasteiger partial charge in [0.2, 0.25) is 5.95 Å². The number of piperidine rings is 1. The largest absolute Gasteiger partial charge is 0.495 e. The Morgan fingerprint density at radius 3 is 2.50 bits per heavy atom. The Labute approximate surface area is 257 Å². The maximum Gasteiger partial charge on any atom is 0.254 e. The highest BCUT2D eigenvalue weighted by atomic mass is 16.5. The van der Waals surface area contributed by atoms with Crippen molar-refractivity contribution in [3.05, 3.63) is 60.0 Å². The molecule has 1 amide bonds. The molecule has 44 heavy (non-hydrogen) atoms. The van der Waals surface area contributed by atoms with Crippen molar-refractivity contribution in [2.45, 2.75) is 25.8 Å². The number of likely N-dealkylation sites (tertiary alicyclic amines) is 1. The third-order valence-electron chi connectivity index (χ3n) is 9.14. The quantitative estimate of drug-likeness (QED) is 0.367. The third-order valence-corrected chi connectivity index (χ3v) is 9.14. The minimum absolute atomic E-state index is 0.0274. The summed E-state index contributed by atoms with van der Waals surface area (Å²) in [7, 11) is 5.78. The molecule has 12 nitrogen and oxygen atoms in total. The first kappa shape index (κ1) is 28.2. The molecule has 2 fully saturated rings. The number of amides is 1. The lowest BCUT2D eigenvalue weighted by Gasteiger charge is -2.42. The average Bonchev–Trinajstić information content (AvgIpc) is 3.41. The molecular weight excluding hydrogens is 556 g/mol. The van der Waals surface area contributed by atoms with E-state index in [9.17, 15) is 4.79 Å². The molecule has 3 aliphatic heterocycles. The molecule has 0 radical (unpaired) electrons. The van der Waals surface area contributed by atoms with Gasteiger partial charge in [-0.25, -0.2) is 4.98 Å². The number of carbonyl (C=O) groups is 1. The Bertz CT molecular complexity index is 1690. The number of aromatic nitrogens is 5. The van der Waals surface area contributed by atoms with E-state index in [-0.39, 0.29) is 5.91 Å². The van der Waals surface area contributed by atoms with Gasteiger partial charge in [0.25, 0.3) is 5.91 Å². The van der Waals surface area contributed by atoms with Gasteiger partial charge in [-0.15, -0.1) is 10.2 Å². The number of benzene rings is 2. The van der Waals surface area contributed by atoms with Crippen molar-refractivity contribution in [3.8, 4) is 22.8 Å². The number of fused-ring (bicyclic) bond motifs is 5. The van der Waals surface area contributed by atoms with Crippen LogP contribution in [-0.2, 0) is 0 Å². The second-order valence-electron chi connectivity index (χ2n) is 11.8. The van der Waals surface area contributed by atoms with Gasteiger partial charge in [0.1, 0.15) is 17.3 Å². The lowest BCUT2D eigenvalue weighted by molar-refractivity contribution is 0.0475. The van der Waals surface area contributed by atoms with Crippen LogP contribution in [0.2, 0.25) is 0 Å². The van der Waals surface area contributed by atoms with Crippen LogP contribution in [-0.4, -0.2) is 112 Å². The molecule has 7 rings (SSSR count). The van der Waals surface area contributed by atoms with Gasteiger partial charge in [-0.1, -0.05) is 12.1 Å². The van der Waals surface area contributed by atoms with Gasteiger partial charge < -0.3 is 24.8 Å². The summed E-state index contributed by atoms with van der Waals surface area (Å²) in [5, 5.41) is 12.1. The highest BCUT2D eigenvalue weighted by Crippen LogP contribution is 2.41. The van der Waals surface area contributed by atoms with Crippen molar-refractivity contribution in [3.63, 3.8) is 0 Å². The summed E-state index contributed by atoms with van der Waals surface area (Å²) in [6, 6.07) is 14.2. The summed E-state index contributed by atoms with van der Waals surface area (Å²) in [5.74, 6) is 3.19. The predicted octanol–water partition coefficient (Wildman–Crippen LogP) is 3.72. The molecule has 0 aliphatic carbocycles.